The fourth-order valence-corrected chi connectivity index (χ4v) is 5.73. The molecule has 0 saturated carbocycles. The number of pyridine rings is 2. The molecule has 2 aromatic rings. The first-order valence-corrected chi connectivity index (χ1v) is 12.4. The predicted octanol–water partition coefficient (Wildman–Crippen LogP) is 3.40. The standard InChI is InChI=1S/C24H32F3N7O2/c1-13-7-21(33-32-13)30-20-11-19-18(8-14(12-28-19)23(35)36-2)22(31-20)29-15-9-16-3-4-17(10-15)34(16)6-5-24(25,26)27/h8,11-13,15-17,21,32-33H,3-7,9-10H2,1-2H3,(H2,29,30,31)/t13?,15?,16-,17+,21?. The Morgan fingerprint density at radius 2 is 1.92 bits per heavy atom. The molecule has 3 unspecified atom stereocenters. The highest BCUT2D eigenvalue weighted by atomic mass is 19.4. The van der Waals surface area contributed by atoms with Crippen molar-refractivity contribution in [1.29, 1.82) is 0 Å². The van der Waals surface area contributed by atoms with Crippen LogP contribution in [-0.2, 0) is 4.74 Å². The largest absolute Gasteiger partial charge is 0.465 e. The fraction of sp³-hybridized carbons (Fsp3) is 0.625. The second kappa shape index (κ2) is 9.98. The molecule has 4 N–H and O–H groups in total. The summed E-state index contributed by atoms with van der Waals surface area (Å²) in [6.45, 7) is 2.14. The molecule has 2 bridgehead atoms. The van der Waals surface area contributed by atoms with Crippen LogP contribution in [0.3, 0.4) is 0 Å². The minimum atomic E-state index is -4.14. The van der Waals surface area contributed by atoms with Crippen LogP contribution in [-0.4, -0.2) is 71.0 Å². The van der Waals surface area contributed by atoms with E-state index >= 15 is 0 Å². The number of esters is 1. The van der Waals surface area contributed by atoms with Crippen LogP contribution < -0.4 is 21.5 Å². The lowest BCUT2D eigenvalue weighted by atomic mass is 9.96. The maximum absolute atomic E-state index is 12.8. The molecule has 0 amide bonds. The zero-order valence-corrected chi connectivity index (χ0v) is 20.4. The molecule has 5 atom stereocenters. The highest BCUT2D eigenvalue weighted by Crippen LogP contribution is 2.38. The predicted molar refractivity (Wildman–Crippen MR) is 129 cm³/mol. The van der Waals surface area contributed by atoms with Crippen LogP contribution in [0.1, 0.15) is 55.8 Å². The maximum Gasteiger partial charge on any atom is 0.390 e. The Kier molecular flexibility index (Phi) is 6.92. The number of halogens is 3. The number of nitrogens with one attached hydrogen (secondary N) is 4. The van der Waals surface area contributed by atoms with Crippen LogP contribution in [0.2, 0.25) is 0 Å². The summed E-state index contributed by atoms with van der Waals surface area (Å²) in [5.74, 6) is 0.756. The molecule has 5 heterocycles. The van der Waals surface area contributed by atoms with Crippen LogP contribution in [0.4, 0.5) is 24.8 Å². The Morgan fingerprint density at radius 1 is 1.17 bits per heavy atom. The average molecular weight is 508 g/mol. The molecule has 36 heavy (non-hydrogen) atoms. The Balaban J connectivity index is 1.38. The van der Waals surface area contributed by atoms with E-state index in [1.807, 2.05) is 11.0 Å². The van der Waals surface area contributed by atoms with E-state index in [0.29, 0.717) is 34.1 Å². The van der Waals surface area contributed by atoms with Gasteiger partial charge in [0.05, 0.1) is 30.8 Å². The Bertz CT molecular complexity index is 1100. The number of hydrazine groups is 1. The van der Waals surface area contributed by atoms with Crippen molar-refractivity contribution < 1.29 is 22.7 Å². The lowest BCUT2D eigenvalue weighted by Gasteiger charge is -2.39. The normalized spacial score (nSPS) is 28.4. The number of aromatic nitrogens is 2. The number of piperidine rings is 1. The SMILES string of the molecule is COC(=O)c1cnc2cc(NC3CC(C)NN3)nc(NC3C[C@H]4CC[C@@H](C3)N4CCC(F)(F)F)c2c1. The number of alkyl halides is 3. The van der Waals surface area contributed by atoms with Crippen molar-refractivity contribution in [2.75, 3.05) is 24.3 Å². The van der Waals surface area contributed by atoms with E-state index in [1.165, 1.54) is 13.3 Å². The van der Waals surface area contributed by atoms with Crippen molar-refractivity contribution in [3.8, 4) is 0 Å². The first-order chi connectivity index (χ1) is 17.2. The van der Waals surface area contributed by atoms with Crippen LogP contribution in [0.25, 0.3) is 10.9 Å². The van der Waals surface area contributed by atoms with Gasteiger partial charge in [-0.05, 0) is 45.1 Å². The highest BCUT2D eigenvalue weighted by Gasteiger charge is 2.42. The molecule has 3 aliphatic rings. The molecule has 9 nitrogen and oxygen atoms in total. The maximum atomic E-state index is 12.8. The summed E-state index contributed by atoms with van der Waals surface area (Å²) in [5.41, 5.74) is 7.37. The second-order valence-corrected chi connectivity index (χ2v) is 10.1. The highest BCUT2D eigenvalue weighted by molar-refractivity contribution is 5.98. The first kappa shape index (κ1) is 25.0. The summed E-state index contributed by atoms with van der Waals surface area (Å²) < 4.78 is 43.3. The lowest BCUT2D eigenvalue weighted by Crippen LogP contribution is -2.47. The number of nitrogens with zero attached hydrogens (tertiary/aromatic N) is 3. The van der Waals surface area contributed by atoms with Gasteiger partial charge in [-0.3, -0.25) is 15.3 Å². The molecule has 3 saturated heterocycles. The monoisotopic (exact) mass is 507 g/mol. The lowest BCUT2D eigenvalue weighted by molar-refractivity contribution is -0.140. The molecular formula is C24H32F3N7O2. The van der Waals surface area contributed by atoms with E-state index in [1.54, 1.807) is 6.07 Å². The third kappa shape index (κ3) is 5.50. The number of carbonyl (C=O) groups excluding carboxylic acids is 1. The summed E-state index contributed by atoms with van der Waals surface area (Å²) in [6, 6.07) is 4.18. The number of carbonyl (C=O) groups is 1. The summed E-state index contributed by atoms with van der Waals surface area (Å²) >= 11 is 0. The van der Waals surface area contributed by atoms with Crippen molar-refractivity contribution in [2.24, 2.45) is 0 Å². The number of hydrogen-bond acceptors (Lipinski definition) is 9. The summed E-state index contributed by atoms with van der Waals surface area (Å²) in [7, 11) is 1.32. The van der Waals surface area contributed by atoms with Gasteiger partial charge in [-0.1, -0.05) is 0 Å². The number of anilines is 2. The number of hydrogen-bond donors (Lipinski definition) is 4. The smallest absolute Gasteiger partial charge is 0.390 e. The molecule has 0 aliphatic carbocycles. The number of ether oxygens (including phenoxy) is 1. The number of rotatable bonds is 7. The van der Waals surface area contributed by atoms with Crippen molar-refractivity contribution in [2.45, 2.75) is 82.0 Å². The number of fused-ring (bicyclic) bond motifs is 3. The third-order valence-corrected chi connectivity index (χ3v) is 7.39. The molecule has 0 aromatic carbocycles. The van der Waals surface area contributed by atoms with Crippen LogP contribution in [0.15, 0.2) is 18.3 Å². The van der Waals surface area contributed by atoms with Gasteiger partial charge in [0.25, 0.3) is 0 Å². The van der Waals surface area contributed by atoms with E-state index in [2.05, 4.69) is 33.4 Å². The van der Waals surface area contributed by atoms with Crippen molar-refractivity contribution in [3.63, 3.8) is 0 Å². The Labute approximate surface area is 207 Å². The van der Waals surface area contributed by atoms with Crippen molar-refractivity contribution in [3.05, 3.63) is 23.9 Å². The zero-order valence-electron chi connectivity index (χ0n) is 20.4. The molecule has 196 valence electrons. The van der Waals surface area contributed by atoms with Gasteiger partial charge in [0.15, 0.2) is 0 Å². The minimum Gasteiger partial charge on any atom is -0.465 e. The average Bonchev–Trinajstić information content (AvgIpc) is 3.35. The molecule has 5 rings (SSSR count). The van der Waals surface area contributed by atoms with Gasteiger partial charge >= 0.3 is 12.1 Å². The van der Waals surface area contributed by atoms with E-state index < -0.39 is 18.6 Å². The summed E-state index contributed by atoms with van der Waals surface area (Å²) in [5, 5.41) is 7.63. The fourth-order valence-electron chi connectivity index (χ4n) is 5.73. The number of methoxy groups -OCH3 is 1. The zero-order chi connectivity index (χ0) is 25.4. The summed E-state index contributed by atoms with van der Waals surface area (Å²) in [4.78, 5) is 23.5. The van der Waals surface area contributed by atoms with Gasteiger partial charge in [-0.15, -0.1) is 0 Å². The topological polar surface area (TPSA) is 103 Å². The van der Waals surface area contributed by atoms with E-state index in [0.717, 1.165) is 32.1 Å². The Morgan fingerprint density at radius 3 is 2.56 bits per heavy atom. The van der Waals surface area contributed by atoms with Gasteiger partial charge in [0.2, 0.25) is 0 Å². The van der Waals surface area contributed by atoms with Gasteiger partial charge in [-0.25, -0.2) is 15.2 Å². The van der Waals surface area contributed by atoms with Crippen molar-refractivity contribution in [1.82, 2.24) is 25.7 Å². The van der Waals surface area contributed by atoms with Gasteiger partial charge in [0, 0.05) is 48.4 Å². The minimum absolute atomic E-state index is 0.000131. The van der Waals surface area contributed by atoms with E-state index in [9.17, 15) is 18.0 Å². The molecule has 0 spiro atoms. The molecule has 0 radical (unpaired) electrons. The van der Waals surface area contributed by atoms with Crippen LogP contribution in [0.5, 0.6) is 0 Å². The quantitative estimate of drug-likeness (QED) is 0.420. The Hall–Kier alpha value is -2.70. The van der Waals surface area contributed by atoms with Crippen LogP contribution in [0, 0.1) is 0 Å². The van der Waals surface area contributed by atoms with Gasteiger partial charge in [-0.2, -0.15) is 13.2 Å². The molecule has 3 fully saturated rings. The molecule has 12 heteroatoms. The van der Waals surface area contributed by atoms with Crippen LogP contribution >= 0.6 is 0 Å². The molecular weight excluding hydrogens is 475 g/mol. The van der Waals surface area contributed by atoms with Gasteiger partial charge < -0.3 is 15.4 Å². The van der Waals surface area contributed by atoms with Gasteiger partial charge in [0.1, 0.15) is 11.6 Å². The first-order valence-electron chi connectivity index (χ1n) is 12.4. The molecule has 2 aromatic heterocycles. The summed E-state index contributed by atoms with van der Waals surface area (Å²) in [6.07, 6.45) is 0.733. The second-order valence-electron chi connectivity index (χ2n) is 10.1. The molecule has 3 aliphatic heterocycles. The van der Waals surface area contributed by atoms with E-state index in [-0.39, 0.29) is 30.8 Å². The third-order valence-electron chi connectivity index (χ3n) is 7.39. The van der Waals surface area contributed by atoms with E-state index in [4.69, 9.17) is 9.72 Å². The van der Waals surface area contributed by atoms with Crippen molar-refractivity contribution >= 4 is 28.5 Å².